The van der Waals surface area contributed by atoms with E-state index in [0.717, 1.165) is 19.3 Å². The molecule has 2 rings (SSSR count). The summed E-state index contributed by atoms with van der Waals surface area (Å²) in [5.74, 6) is -1.65. The summed E-state index contributed by atoms with van der Waals surface area (Å²) >= 11 is 0. The minimum Gasteiger partial charge on any atom is -0.452 e. The van der Waals surface area contributed by atoms with E-state index >= 15 is 0 Å². The highest BCUT2D eigenvalue weighted by molar-refractivity contribution is 7.89. The summed E-state index contributed by atoms with van der Waals surface area (Å²) in [6.07, 6.45) is 2.57. The van der Waals surface area contributed by atoms with Crippen molar-refractivity contribution in [2.24, 2.45) is 0 Å². The first kappa shape index (κ1) is 20.8. The van der Waals surface area contributed by atoms with E-state index in [0.29, 0.717) is 6.54 Å². The molecule has 1 atom stereocenters. The van der Waals surface area contributed by atoms with Gasteiger partial charge in [0.2, 0.25) is 10.0 Å². The number of hydrogen-bond donors (Lipinski definition) is 2. The highest BCUT2D eigenvalue weighted by Crippen LogP contribution is 2.25. The fourth-order valence-electron chi connectivity index (χ4n) is 2.79. The number of nitrogens with zero attached hydrogens (tertiary/aromatic N) is 1. The number of urea groups is 1. The molecule has 1 aromatic rings. The average molecular weight is 397 g/mol. The van der Waals surface area contributed by atoms with Crippen molar-refractivity contribution in [3.8, 4) is 0 Å². The average Bonchev–Trinajstić information content (AvgIpc) is 2.66. The molecule has 9 nitrogen and oxygen atoms in total. The summed E-state index contributed by atoms with van der Waals surface area (Å²) in [5, 5.41) is 4.14. The molecule has 2 N–H and O–H groups in total. The van der Waals surface area contributed by atoms with Crippen molar-refractivity contribution < 1.29 is 27.5 Å². The number of sulfonamides is 1. The van der Waals surface area contributed by atoms with Crippen molar-refractivity contribution in [1.29, 1.82) is 0 Å². The molecule has 0 saturated carbocycles. The van der Waals surface area contributed by atoms with E-state index < -0.39 is 34.5 Å². The van der Waals surface area contributed by atoms with E-state index in [1.54, 1.807) is 0 Å². The summed E-state index contributed by atoms with van der Waals surface area (Å²) in [4.78, 5) is 34.6. The van der Waals surface area contributed by atoms with Gasteiger partial charge in [-0.3, -0.25) is 10.1 Å². The lowest BCUT2D eigenvalue weighted by Gasteiger charge is -2.32. The monoisotopic (exact) mass is 397 g/mol. The molecule has 0 radical (unpaired) electrons. The smallest absolute Gasteiger partial charge is 0.338 e. The molecule has 10 heteroatoms. The summed E-state index contributed by atoms with van der Waals surface area (Å²) in [5.41, 5.74) is 0.00785. The molecule has 0 aromatic heterocycles. The molecular weight excluding hydrogens is 374 g/mol. The van der Waals surface area contributed by atoms with Crippen LogP contribution in [0.5, 0.6) is 0 Å². The van der Waals surface area contributed by atoms with Gasteiger partial charge in [0.15, 0.2) is 6.61 Å². The Labute approximate surface area is 158 Å². The van der Waals surface area contributed by atoms with Crippen molar-refractivity contribution >= 4 is 27.9 Å². The number of ether oxygens (including phenoxy) is 1. The maximum atomic E-state index is 12.9. The number of carbonyl (C=O) groups is 3. The first-order valence-electron chi connectivity index (χ1n) is 8.56. The van der Waals surface area contributed by atoms with E-state index in [2.05, 4.69) is 5.32 Å². The number of carbonyl (C=O) groups excluding carboxylic acids is 3. The Balaban J connectivity index is 2.09. The van der Waals surface area contributed by atoms with Crippen LogP contribution in [0, 0.1) is 0 Å². The number of nitrogens with one attached hydrogen (secondary N) is 2. The Morgan fingerprint density at radius 1 is 1.26 bits per heavy atom. The van der Waals surface area contributed by atoms with Gasteiger partial charge in [-0.05, 0) is 38.0 Å². The zero-order valence-corrected chi connectivity index (χ0v) is 16.0. The predicted octanol–water partition coefficient (Wildman–Crippen LogP) is 0.862. The summed E-state index contributed by atoms with van der Waals surface area (Å²) in [6, 6.07) is 4.68. The zero-order chi connectivity index (χ0) is 20.0. The molecule has 27 heavy (non-hydrogen) atoms. The Kier molecular flexibility index (Phi) is 6.92. The maximum absolute atomic E-state index is 12.9. The van der Waals surface area contributed by atoms with Gasteiger partial charge < -0.3 is 10.1 Å². The highest BCUT2D eigenvalue weighted by Gasteiger charge is 2.31. The van der Waals surface area contributed by atoms with Crippen LogP contribution >= 0.6 is 0 Å². The molecule has 0 bridgehead atoms. The van der Waals surface area contributed by atoms with Gasteiger partial charge in [-0.15, -0.1) is 0 Å². The first-order chi connectivity index (χ1) is 12.8. The molecule has 1 fully saturated rings. The Morgan fingerprint density at radius 3 is 2.67 bits per heavy atom. The third kappa shape index (κ3) is 5.27. The Hall–Kier alpha value is -2.46. The van der Waals surface area contributed by atoms with Gasteiger partial charge in [0, 0.05) is 19.6 Å². The number of piperidine rings is 1. The number of benzene rings is 1. The largest absolute Gasteiger partial charge is 0.452 e. The van der Waals surface area contributed by atoms with E-state index in [-0.39, 0.29) is 16.5 Å². The van der Waals surface area contributed by atoms with E-state index in [4.69, 9.17) is 4.74 Å². The maximum Gasteiger partial charge on any atom is 0.338 e. The van der Waals surface area contributed by atoms with Crippen molar-refractivity contribution in [2.75, 3.05) is 20.2 Å². The van der Waals surface area contributed by atoms with Gasteiger partial charge in [0.05, 0.1) is 10.5 Å². The second-order valence-corrected chi connectivity index (χ2v) is 8.08. The lowest BCUT2D eigenvalue weighted by molar-refractivity contribution is -0.123. The first-order valence-corrected chi connectivity index (χ1v) is 10.0. The van der Waals surface area contributed by atoms with Gasteiger partial charge >= 0.3 is 12.0 Å². The topological polar surface area (TPSA) is 122 Å². The van der Waals surface area contributed by atoms with Gasteiger partial charge in [0.1, 0.15) is 0 Å². The van der Waals surface area contributed by atoms with Crippen LogP contribution in [0.1, 0.15) is 36.5 Å². The lowest BCUT2D eigenvalue weighted by Crippen LogP contribution is -2.42. The van der Waals surface area contributed by atoms with Crippen LogP contribution in [0.2, 0.25) is 0 Å². The quantitative estimate of drug-likeness (QED) is 0.711. The second-order valence-electron chi connectivity index (χ2n) is 6.19. The lowest BCUT2D eigenvalue weighted by atomic mass is 10.1. The van der Waals surface area contributed by atoms with E-state index in [9.17, 15) is 22.8 Å². The van der Waals surface area contributed by atoms with Crippen LogP contribution in [0.25, 0.3) is 0 Å². The predicted molar refractivity (Wildman–Crippen MR) is 96.5 cm³/mol. The molecule has 1 aliphatic heterocycles. The number of esters is 1. The molecule has 148 valence electrons. The molecule has 1 aromatic carbocycles. The van der Waals surface area contributed by atoms with Crippen molar-refractivity contribution in [1.82, 2.24) is 14.9 Å². The Bertz CT molecular complexity index is 824. The summed E-state index contributed by atoms with van der Waals surface area (Å²) in [7, 11) is -2.39. The minimum absolute atomic E-state index is 0.000474. The van der Waals surface area contributed by atoms with Crippen LogP contribution < -0.4 is 10.6 Å². The van der Waals surface area contributed by atoms with E-state index in [1.165, 1.54) is 35.6 Å². The number of amides is 3. The normalized spacial score (nSPS) is 17.8. The molecule has 0 aliphatic carbocycles. The van der Waals surface area contributed by atoms with Crippen LogP contribution in [0.4, 0.5) is 4.79 Å². The number of rotatable bonds is 5. The molecule has 1 saturated heterocycles. The van der Waals surface area contributed by atoms with Gasteiger partial charge in [-0.2, -0.15) is 4.31 Å². The van der Waals surface area contributed by atoms with Crippen molar-refractivity contribution in [2.45, 2.75) is 37.1 Å². The third-order valence-corrected chi connectivity index (χ3v) is 6.24. The van der Waals surface area contributed by atoms with Gasteiger partial charge in [-0.25, -0.2) is 18.0 Å². The van der Waals surface area contributed by atoms with Crippen molar-refractivity contribution in [3.63, 3.8) is 0 Å². The highest BCUT2D eigenvalue weighted by atomic mass is 32.2. The summed E-state index contributed by atoms with van der Waals surface area (Å²) in [6.45, 7) is 1.64. The molecule has 3 amide bonds. The summed E-state index contributed by atoms with van der Waals surface area (Å²) < 4.78 is 32.0. The molecular formula is C17H23N3O6S. The number of imide groups is 1. The SMILES string of the molecule is CNC(=O)NC(=O)COC(=O)c1cccc(S(=O)(=O)N2CCCC[C@H]2C)c1. The third-order valence-electron chi connectivity index (χ3n) is 4.23. The number of hydrogen-bond acceptors (Lipinski definition) is 6. The van der Waals surface area contributed by atoms with Gasteiger partial charge in [-0.1, -0.05) is 12.5 Å². The van der Waals surface area contributed by atoms with Gasteiger partial charge in [0.25, 0.3) is 5.91 Å². The van der Waals surface area contributed by atoms with Crippen LogP contribution in [0.15, 0.2) is 29.2 Å². The second kappa shape index (κ2) is 8.96. The van der Waals surface area contributed by atoms with Crippen LogP contribution in [0.3, 0.4) is 0 Å². The van der Waals surface area contributed by atoms with Crippen molar-refractivity contribution in [3.05, 3.63) is 29.8 Å². The van der Waals surface area contributed by atoms with Crippen LogP contribution in [-0.4, -0.2) is 56.9 Å². The van der Waals surface area contributed by atoms with E-state index in [1.807, 2.05) is 12.2 Å². The molecule has 0 spiro atoms. The molecule has 0 unspecified atom stereocenters. The standard InChI is InChI=1S/C17H23N3O6S/c1-12-6-3-4-9-20(12)27(24,25)14-8-5-7-13(10-14)16(22)26-11-15(21)19-17(23)18-2/h5,7-8,10,12H,3-4,6,9,11H2,1-2H3,(H2,18,19,21,23)/t12-/m1/s1. The fourth-order valence-corrected chi connectivity index (χ4v) is 4.53. The Morgan fingerprint density at radius 2 is 2.00 bits per heavy atom. The van der Waals surface area contributed by atoms with Crippen LogP contribution in [-0.2, 0) is 19.6 Å². The molecule has 1 aliphatic rings. The zero-order valence-electron chi connectivity index (χ0n) is 15.2. The molecule has 1 heterocycles. The minimum atomic E-state index is -3.72. The fraction of sp³-hybridized carbons (Fsp3) is 0.471.